The van der Waals surface area contributed by atoms with Crippen LogP contribution in [0.15, 0.2) is 42.7 Å². The van der Waals surface area contributed by atoms with E-state index in [1.165, 1.54) is 6.42 Å². The van der Waals surface area contributed by atoms with Crippen molar-refractivity contribution in [2.45, 2.75) is 88.1 Å². The molecule has 1 aliphatic heterocycles. The molecule has 2 N–H and O–H groups in total. The van der Waals surface area contributed by atoms with Crippen LogP contribution in [-0.2, 0) is 30.8 Å². The van der Waals surface area contributed by atoms with Gasteiger partial charge in [0.25, 0.3) is 5.91 Å². The molecule has 0 saturated heterocycles. The molecule has 0 atom stereocenters. The summed E-state index contributed by atoms with van der Waals surface area (Å²) in [6, 6.07) is 11.3. The summed E-state index contributed by atoms with van der Waals surface area (Å²) >= 11 is 0. The summed E-state index contributed by atoms with van der Waals surface area (Å²) in [7, 11) is 1.81. The van der Waals surface area contributed by atoms with Crippen molar-refractivity contribution >= 4 is 11.6 Å². The number of ether oxygens (including phenoxy) is 1. The summed E-state index contributed by atoms with van der Waals surface area (Å²) in [6.07, 6.45) is 4.93. The number of aryl methyl sites for hydroxylation is 1. The van der Waals surface area contributed by atoms with Gasteiger partial charge < -0.3 is 19.9 Å². The Kier molecular flexibility index (Phi) is 6.29. The smallest absolute Gasteiger partial charge is 0.259 e. The molecule has 3 aliphatic rings. The number of carbonyl (C=O) groups is 1. The maximum atomic E-state index is 14.2. The summed E-state index contributed by atoms with van der Waals surface area (Å²) in [5, 5.41) is 14.8. The van der Waals surface area contributed by atoms with Gasteiger partial charge in [-0.15, -0.1) is 10.2 Å². The third-order valence-electron chi connectivity index (χ3n) is 9.10. The number of nitrogens with one attached hydrogen (secondary N) is 2. The van der Waals surface area contributed by atoms with Gasteiger partial charge in [0.1, 0.15) is 17.9 Å². The predicted octanol–water partition coefficient (Wildman–Crippen LogP) is 5.68. The molecule has 0 unspecified atom stereocenters. The summed E-state index contributed by atoms with van der Waals surface area (Å²) in [5.74, 6) is -1.73. The molecule has 40 heavy (non-hydrogen) atoms. The fourth-order valence-corrected chi connectivity index (χ4v) is 6.41. The lowest BCUT2D eigenvalue weighted by Crippen LogP contribution is -2.51. The molecule has 2 saturated carbocycles. The molecular formula is C31H37F2N5O2. The van der Waals surface area contributed by atoms with Crippen LogP contribution >= 0.6 is 0 Å². The van der Waals surface area contributed by atoms with Gasteiger partial charge in [0.05, 0.1) is 12.2 Å². The van der Waals surface area contributed by atoms with Crippen molar-refractivity contribution in [1.29, 1.82) is 0 Å². The number of carbonyl (C=O) groups excluding carboxylic acids is 1. The van der Waals surface area contributed by atoms with Crippen LogP contribution in [0.4, 0.5) is 14.5 Å². The van der Waals surface area contributed by atoms with E-state index in [9.17, 15) is 13.6 Å². The van der Waals surface area contributed by atoms with Crippen LogP contribution in [0.1, 0.15) is 85.7 Å². The molecule has 9 heteroatoms. The maximum Gasteiger partial charge on any atom is 0.259 e. The standard InChI is InChI=1S/C31H37F2N5O2/c1-28(2)18-40-26-23(11-20(12-24(26)28)15-34-29(3)9-6-10-29)27(39)36-22-8-5-7-21(13-22)30(16-31(32,33)17-30)14-25-37-35-19-38(25)4/h5,7-8,11-13,19,34H,6,9-10,14-18H2,1-4H3,(H,36,39). The molecule has 0 radical (unpaired) electrons. The van der Waals surface area contributed by atoms with E-state index >= 15 is 0 Å². The second kappa shape index (κ2) is 9.36. The van der Waals surface area contributed by atoms with E-state index in [4.69, 9.17) is 4.74 Å². The Morgan fingerprint density at radius 3 is 2.55 bits per heavy atom. The first-order chi connectivity index (χ1) is 18.9. The molecule has 0 spiro atoms. The Morgan fingerprint density at radius 1 is 1.12 bits per heavy atom. The monoisotopic (exact) mass is 549 g/mol. The van der Waals surface area contributed by atoms with E-state index in [2.05, 4.69) is 47.7 Å². The predicted molar refractivity (Wildman–Crippen MR) is 149 cm³/mol. The van der Waals surface area contributed by atoms with Crippen molar-refractivity contribution in [2.24, 2.45) is 7.05 Å². The fraction of sp³-hybridized carbons (Fsp3) is 0.516. The van der Waals surface area contributed by atoms with Crippen LogP contribution in [0.3, 0.4) is 0 Å². The van der Waals surface area contributed by atoms with E-state index in [0.29, 0.717) is 42.4 Å². The van der Waals surface area contributed by atoms with E-state index in [0.717, 1.165) is 29.5 Å². The van der Waals surface area contributed by atoms with Gasteiger partial charge in [0.2, 0.25) is 5.92 Å². The average Bonchev–Trinajstić information content (AvgIpc) is 3.41. The molecule has 1 amide bonds. The van der Waals surface area contributed by atoms with Crippen molar-refractivity contribution in [1.82, 2.24) is 20.1 Å². The Labute approximate surface area is 233 Å². The Hall–Kier alpha value is -3.33. The summed E-state index contributed by atoms with van der Waals surface area (Å²) < 4.78 is 36.3. The lowest BCUT2D eigenvalue weighted by atomic mass is 9.60. The number of halogens is 2. The third-order valence-corrected chi connectivity index (χ3v) is 9.10. The minimum absolute atomic E-state index is 0.146. The molecule has 2 aromatic carbocycles. The molecule has 2 fully saturated rings. The number of aromatic nitrogens is 3. The fourth-order valence-electron chi connectivity index (χ4n) is 6.41. The lowest BCUT2D eigenvalue weighted by molar-refractivity contribution is -0.127. The van der Waals surface area contributed by atoms with Gasteiger partial charge in [0, 0.05) is 60.5 Å². The lowest BCUT2D eigenvalue weighted by Gasteiger charge is -2.47. The molecule has 3 aromatic rings. The van der Waals surface area contributed by atoms with Crippen molar-refractivity contribution in [3.8, 4) is 5.75 Å². The molecule has 0 bridgehead atoms. The first kappa shape index (κ1) is 26.9. The van der Waals surface area contributed by atoms with Crippen molar-refractivity contribution in [2.75, 3.05) is 11.9 Å². The number of amides is 1. The molecule has 2 aliphatic carbocycles. The van der Waals surface area contributed by atoms with Crippen molar-refractivity contribution < 1.29 is 18.3 Å². The van der Waals surface area contributed by atoms with Crippen LogP contribution in [-0.4, -0.2) is 38.7 Å². The van der Waals surface area contributed by atoms with Crippen LogP contribution in [0.5, 0.6) is 5.75 Å². The van der Waals surface area contributed by atoms with Gasteiger partial charge in [-0.25, -0.2) is 8.78 Å². The highest BCUT2D eigenvalue weighted by Crippen LogP contribution is 2.55. The maximum absolute atomic E-state index is 14.2. The average molecular weight is 550 g/mol. The summed E-state index contributed by atoms with van der Waals surface area (Å²) in [4.78, 5) is 13.7. The highest BCUT2D eigenvalue weighted by molar-refractivity contribution is 6.07. The minimum atomic E-state index is -2.73. The molecule has 6 rings (SSSR count). The van der Waals surface area contributed by atoms with E-state index in [1.807, 2.05) is 31.3 Å². The number of benzene rings is 2. The first-order valence-electron chi connectivity index (χ1n) is 14.1. The Balaban J connectivity index is 1.27. The number of alkyl halides is 2. The molecule has 1 aromatic heterocycles. The largest absolute Gasteiger partial charge is 0.492 e. The van der Waals surface area contributed by atoms with Gasteiger partial charge in [-0.1, -0.05) is 32.0 Å². The highest BCUT2D eigenvalue weighted by atomic mass is 19.3. The van der Waals surface area contributed by atoms with Crippen LogP contribution in [0.2, 0.25) is 0 Å². The van der Waals surface area contributed by atoms with Gasteiger partial charge >= 0.3 is 0 Å². The third kappa shape index (κ3) is 4.89. The van der Waals surface area contributed by atoms with Crippen LogP contribution in [0.25, 0.3) is 0 Å². The number of fused-ring (bicyclic) bond motifs is 1. The number of hydrogen-bond acceptors (Lipinski definition) is 5. The van der Waals surface area contributed by atoms with Crippen molar-refractivity contribution in [3.05, 3.63) is 70.8 Å². The zero-order chi connectivity index (χ0) is 28.3. The SMILES string of the molecule is Cn1cnnc1CC1(c2cccc(NC(=O)c3cc(CNC4(C)CCC4)cc4c3OCC4(C)C)c2)CC(F)(F)C1. The van der Waals surface area contributed by atoms with Crippen LogP contribution in [0, 0.1) is 0 Å². The number of nitrogens with zero attached hydrogens (tertiary/aromatic N) is 3. The summed E-state index contributed by atoms with van der Waals surface area (Å²) in [5.41, 5.74) is 3.05. The first-order valence-corrected chi connectivity index (χ1v) is 14.1. The highest BCUT2D eigenvalue weighted by Gasteiger charge is 2.57. The van der Waals surface area contributed by atoms with Crippen LogP contribution < -0.4 is 15.4 Å². The normalized spacial score (nSPS) is 21.1. The zero-order valence-corrected chi connectivity index (χ0v) is 23.6. The van der Waals surface area contributed by atoms with E-state index < -0.39 is 11.3 Å². The summed E-state index contributed by atoms with van der Waals surface area (Å²) in [6.45, 7) is 7.67. The number of hydrogen-bond donors (Lipinski definition) is 2. The topological polar surface area (TPSA) is 81.1 Å². The molecular weight excluding hydrogens is 512 g/mol. The molecule has 2 heterocycles. The number of anilines is 1. The van der Waals surface area contributed by atoms with Gasteiger partial charge in [-0.2, -0.15) is 0 Å². The minimum Gasteiger partial charge on any atom is -0.492 e. The Bertz CT molecular complexity index is 1450. The van der Waals surface area contributed by atoms with Gasteiger partial charge in [0.15, 0.2) is 0 Å². The zero-order valence-electron chi connectivity index (χ0n) is 23.6. The second-order valence-electron chi connectivity index (χ2n) is 13.0. The van der Waals surface area contributed by atoms with E-state index in [-0.39, 0.29) is 29.7 Å². The Morgan fingerprint density at radius 2 is 1.90 bits per heavy atom. The molecule has 212 valence electrons. The molecule has 7 nitrogen and oxygen atoms in total. The van der Waals surface area contributed by atoms with Crippen molar-refractivity contribution in [3.63, 3.8) is 0 Å². The van der Waals surface area contributed by atoms with Gasteiger partial charge in [-0.3, -0.25) is 4.79 Å². The quantitative estimate of drug-likeness (QED) is 0.378. The second-order valence-corrected chi connectivity index (χ2v) is 13.0. The van der Waals surface area contributed by atoms with Gasteiger partial charge in [-0.05, 0) is 55.5 Å². The number of rotatable bonds is 8. The van der Waals surface area contributed by atoms with E-state index in [1.54, 1.807) is 17.0 Å².